The molecule has 84 valence electrons. The van der Waals surface area contributed by atoms with Crippen LogP contribution in [-0.4, -0.2) is 26.8 Å². The van der Waals surface area contributed by atoms with E-state index in [1.54, 1.807) is 7.11 Å². The van der Waals surface area contributed by atoms with Crippen LogP contribution in [-0.2, 0) is 11.2 Å². The van der Waals surface area contributed by atoms with Crippen LogP contribution in [0.2, 0.25) is 5.02 Å². The maximum Gasteiger partial charge on any atom is 0.0587 e. The molecule has 0 radical (unpaired) electrons. The molecule has 0 aliphatic rings. The Labute approximate surface area is 96.6 Å². The third-order valence-corrected chi connectivity index (χ3v) is 2.47. The molecule has 3 heteroatoms. The number of benzene rings is 1. The Morgan fingerprint density at radius 1 is 1.20 bits per heavy atom. The van der Waals surface area contributed by atoms with Crippen LogP contribution in [0.3, 0.4) is 0 Å². The number of ether oxygens (including phenoxy) is 1. The Balaban J connectivity index is 2.07. The molecule has 0 aromatic heterocycles. The Bertz CT molecular complexity index is 261. The van der Waals surface area contributed by atoms with E-state index < -0.39 is 0 Å². The normalized spacial score (nSPS) is 10.5. The zero-order valence-corrected chi connectivity index (χ0v) is 9.89. The van der Waals surface area contributed by atoms with E-state index in [2.05, 4.69) is 17.4 Å². The summed E-state index contributed by atoms with van der Waals surface area (Å²) in [7, 11) is 1.72. The smallest absolute Gasteiger partial charge is 0.0587 e. The molecule has 0 aliphatic carbocycles. The summed E-state index contributed by atoms with van der Waals surface area (Å²) < 4.78 is 4.94. The molecular weight excluding hydrogens is 210 g/mol. The van der Waals surface area contributed by atoms with E-state index in [4.69, 9.17) is 16.3 Å². The lowest BCUT2D eigenvalue weighted by molar-refractivity contribution is 0.199. The van der Waals surface area contributed by atoms with Crippen LogP contribution in [0.4, 0.5) is 0 Å². The minimum atomic E-state index is 0.779. The molecule has 0 aliphatic heterocycles. The summed E-state index contributed by atoms with van der Waals surface area (Å²) in [6.45, 7) is 2.74. The lowest BCUT2D eigenvalue weighted by Gasteiger charge is -2.04. The maximum atomic E-state index is 5.80. The van der Waals surface area contributed by atoms with E-state index in [1.807, 2.05) is 12.1 Å². The van der Waals surface area contributed by atoms with Crippen molar-refractivity contribution in [1.29, 1.82) is 0 Å². The molecule has 0 saturated heterocycles. The molecule has 1 rings (SSSR count). The first kappa shape index (κ1) is 12.5. The van der Waals surface area contributed by atoms with Gasteiger partial charge in [0.05, 0.1) is 6.61 Å². The van der Waals surface area contributed by atoms with Gasteiger partial charge >= 0.3 is 0 Å². The number of aryl methyl sites for hydroxylation is 1. The standard InChI is InChI=1S/C12H18ClNO/c1-15-10-9-14-8-2-3-11-4-6-12(13)7-5-11/h4-7,14H,2-3,8-10H2,1H3. The third-order valence-electron chi connectivity index (χ3n) is 2.22. The quantitative estimate of drug-likeness (QED) is 0.723. The lowest BCUT2D eigenvalue weighted by Crippen LogP contribution is -2.20. The van der Waals surface area contributed by atoms with Crippen molar-refractivity contribution in [2.24, 2.45) is 0 Å². The van der Waals surface area contributed by atoms with Crippen molar-refractivity contribution in [3.8, 4) is 0 Å². The van der Waals surface area contributed by atoms with Gasteiger partial charge in [0.1, 0.15) is 0 Å². The van der Waals surface area contributed by atoms with E-state index in [1.165, 1.54) is 5.56 Å². The SMILES string of the molecule is COCCNCCCc1ccc(Cl)cc1. The van der Waals surface area contributed by atoms with Gasteiger partial charge in [-0.05, 0) is 37.1 Å². The van der Waals surface area contributed by atoms with Crippen LogP contribution in [0, 0.1) is 0 Å². The van der Waals surface area contributed by atoms with Gasteiger partial charge in [0, 0.05) is 18.7 Å². The van der Waals surface area contributed by atoms with Crippen LogP contribution >= 0.6 is 11.6 Å². The Hall–Kier alpha value is -0.570. The molecule has 1 aromatic rings. The highest BCUT2D eigenvalue weighted by Crippen LogP contribution is 2.10. The molecule has 0 unspecified atom stereocenters. The molecule has 0 fully saturated rings. The minimum absolute atomic E-state index is 0.779. The van der Waals surface area contributed by atoms with Crippen LogP contribution < -0.4 is 5.32 Å². The molecule has 15 heavy (non-hydrogen) atoms. The summed E-state index contributed by atoms with van der Waals surface area (Å²) in [6, 6.07) is 8.04. The van der Waals surface area contributed by atoms with Crippen molar-refractivity contribution in [2.45, 2.75) is 12.8 Å². The van der Waals surface area contributed by atoms with Gasteiger partial charge in [-0.1, -0.05) is 23.7 Å². The largest absolute Gasteiger partial charge is 0.383 e. The first-order valence-electron chi connectivity index (χ1n) is 5.27. The Kier molecular flexibility index (Phi) is 6.41. The van der Waals surface area contributed by atoms with Crippen molar-refractivity contribution >= 4 is 11.6 Å². The lowest BCUT2D eigenvalue weighted by atomic mass is 10.1. The topological polar surface area (TPSA) is 21.3 Å². The van der Waals surface area contributed by atoms with Gasteiger partial charge in [-0.3, -0.25) is 0 Å². The summed E-state index contributed by atoms with van der Waals surface area (Å²) in [5, 5.41) is 4.12. The second-order valence-corrected chi connectivity index (χ2v) is 3.91. The molecule has 0 bridgehead atoms. The molecule has 0 amide bonds. The van der Waals surface area contributed by atoms with Gasteiger partial charge in [0.2, 0.25) is 0 Å². The fourth-order valence-corrected chi connectivity index (χ4v) is 1.49. The summed E-state index contributed by atoms with van der Waals surface area (Å²) in [6.07, 6.45) is 2.24. The second-order valence-electron chi connectivity index (χ2n) is 3.47. The van der Waals surface area contributed by atoms with E-state index in [0.29, 0.717) is 0 Å². The summed E-state index contributed by atoms with van der Waals surface area (Å²) in [5.74, 6) is 0. The van der Waals surface area contributed by atoms with Gasteiger partial charge in [0.25, 0.3) is 0 Å². The number of nitrogens with one attached hydrogen (secondary N) is 1. The molecule has 0 spiro atoms. The summed E-state index contributed by atoms with van der Waals surface area (Å²) in [4.78, 5) is 0. The fraction of sp³-hybridized carbons (Fsp3) is 0.500. The van der Waals surface area contributed by atoms with Crippen molar-refractivity contribution < 1.29 is 4.74 Å². The summed E-state index contributed by atoms with van der Waals surface area (Å²) >= 11 is 5.80. The first-order chi connectivity index (χ1) is 7.33. The highest BCUT2D eigenvalue weighted by molar-refractivity contribution is 6.30. The Morgan fingerprint density at radius 3 is 2.60 bits per heavy atom. The van der Waals surface area contributed by atoms with Crippen LogP contribution in [0.1, 0.15) is 12.0 Å². The molecule has 1 N–H and O–H groups in total. The predicted octanol–water partition coefficient (Wildman–Crippen LogP) is 2.51. The van der Waals surface area contributed by atoms with Crippen molar-refractivity contribution in [2.75, 3.05) is 26.8 Å². The maximum absolute atomic E-state index is 5.80. The van der Waals surface area contributed by atoms with Crippen molar-refractivity contribution in [3.63, 3.8) is 0 Å². The monoisotopic (exact) mass is 227 g/mol. The van der Waals surface area contributed by atoms with E-state index in [9.17, 15) is 0 Å². The number of hydrogen-bond acceptors (Lipinski definition) is 2. The zero-order valence-electron chi connectivity index (χ0n) is 9.13. The average molecular weight is 228 g/mol. The molecule has 0 saturated carbocycles. The second kappa shape index (κ2) is 7.69. The van der Waals surface area contributed by atoms with Crippen LogP contribution in [0.5, 0.6) is 0 Å². The van der Waals surface area contributed by atoms with E-state index >= 15 is 0 Å². The van der Waals surface area contributed by atoms with Gasteiger partial charge in [-0.2, -0.15) is 0 Å². The number of rotatable bonds is 7. The molecule has 0 atom stereocenters. The average Bonchev–Trinajstić information content (AvgIpc) is 2.26. The number of hydrogen-bond donors (Lipinski definition) is 1. The van der Waals surface area contributed by atoms with Crippen LogP contribution in [0.25, 0.3) is 0 Å². The highest BCUT2D eigenvalue weighted by Gasteiger charge is 1.93. The van der Waals surface area contributed by atoms with Gasteiger partial charge in [-0.15, -0.1) is 0 Å². The molecule has 1 aromatic carbocycles. The Morgan fingerprint density at radius 2 is 1.93 bits per heavy atom. The van der Waals surface area contributed by atoms with Crippen LogP contribution in [0.15, 0.2) is 24.3 Å². The van der Waals surface area contributed by atoms with E-state index in [0.717, 1.165) is 37.6 Å². The van der Waals surface area contributed by atoms with Gasteiger partial charge in [-0.25, -0.2) is 0 Å². The first-order valence-corrected chi connectivity index (χ1v) is 5.65. The molecule has 0 heterocycles. The van der Waals surface area contributed by atoms with Gasteiger partial charge in [0.15, 0.2) is 0 Å². The van der Waals surface area contributed by atoms with Crippen molar-refractivity contribution in [1.82, 2.24) is 5.32 Å². The highest BCUT2D eigenvalue weighted by atomic mass is 35.5. The molecular formula is C12H18ClNO. The number of methoxy groups -OCH3 is 1. The third kappa shape index (κ3) is 5.78. The van der Waals surface area contributed by atoms with Gasteiger partial charge < -0.3 is 10.1 Å². The predicted molar refractivity (Wildman–Crippen MR) is 64.5 cm³/mol. The molecule has 2 nitrogen and oxygen atoms in total. The zero-order chi connectivity index (χ0) is 10.9. The summed E-state index contributed by atoms with van der Waals surface area (Å²) in [5.41, 5.74) is 1.34. The minimum Gasteiger partial charge on any atom is -0.383 e. The van der Waals surface area contributed by atoms with E-state index in [-0.39, 0.29) is 0 Å². The van der Waals surface area contributed by atoms with Crippen molar-refractivity contribution in [3.05, 3.63) is 34.9 Å². The fourth-order valence-electron chi connectivity index (χ4n) is 1.37. The number of halogens is 1.